The highest BCUT2D eigenvalue weighted by Gasteiger charge is 2.33. The number of rotatable bonds is 5. The summed E-state index contributed by atoms with van der Waals surface area (Å²) in [5.74, 6) is -0.338. The van der Waals surface area contributed by atoms with Crippen molar-refractivity contribution >= 4 is 22.5 Å². The molecule has 0 atom stereocenters. The first-order valence-corrected chi connectivity index (χ1v) is 11.8. The van der Waals surface area contributed by atoms with Gasteiger partial charge in [0.25, 0.3) is 5.91 Å². The first-order chi connectivity index (χ1) is 16.3. The van der Waals surface area contributed by atoms with E-state index in [-0.39, 0.29) is 5.69 Å². The average Bonchev–Trinajstić information content (AvgIpc) is 3.23. The number of pyridine rings is 1. The Morgan fingerprint density at radius 1 is 1.15 bits per heavy atom. The lowest BCUT2D eigenvalue weighted by Gasteiger charge is -2.21. The van der Waals surface area contributed by atoms with Crippen molar-refractivity contribution in [2.45, 2.75) is 71.5 Å². The van der Waals surface area contributed by atoms with Crippen LogP contribution < -0.4 is 10.1 Å². The highest BCUT2D eigenvalue weighted by Crippen LogP contribution is 2.34. The van der Waals surface area contributed by atoms with Crippen LogP contribution in [0.5, 0.6) is 5.75 Å². The molecule has 6 nitrogen and oxygen atoms in total. The second-order valence-electron chi connectivity index (χ2n) is 8.31. The fraction of sp³-hybridized carbons (Fsp3) is 0.480. The maximum absolute atomic E-state index is 12.9. The molecule has 4 rings (SSSR count). The number of benzene rings is 1. The average molecular weight is 477 g/mol. The van der Waals surface area contributed by atoms with Gasteiger partial charge in [0.15, 0.2) is 0 Å². The minimum atomic E-state index is -4.63. The molecule has 34 heavy (non-hydrogen) atoms. The SMILES string of the molecule is CCC.CCOc1cc2nn(C3CCCCC3)cc2cc1NC(=O)c1cccc(C(F)(F)F)n1. The van der Waals surface area contributed by atoms with Crippen LogP contribution in [-0.2, 0) is 6.18 Å². The number of fused-ring (bicyclic) bond motifs is 1. The molecule has 1 N–H and O–H groups in total. The van der Waals surface area contributed by atoms with Crippen molar-refractivity contribution in [1.29, 1.82) is 0 Å². The van der Waals surface area contributed by atoms with Crippen LogP contribution >= 0.6 is 0 Å². The number of aromatic nitrogens is 3. The topological polar surface area (TPSA) is 69.0 Å². The molecule has 1 amide bonds. The van der Waals surface area contributed by atoms with Crippen molar-refractivity contribution < 1.29 is 22.7 Å². The van der Waals surface area contributed by atoms with Crippen molar-refractivity contribution in [3.63, 3.8) is 0 Å². The smallest absolute Gasteiger partial charge is 0.433 e. The first kappa shape index (κ1) is 25.5. The molecule has 1 aromatic carbocycles. The van der Waals surface area contributed by atoms with Gasteiger partial charge >= 0.3 is 6.18 Å². The Hall–Kier alpha value is -3.10. The molecule has 0 bridgehead atoms. The molecule has 1 aliphatic rings. The van der Waals surface area contributed by atoms with Crippen LogP contribution in [0, 0.1) is 0 Å². The van der Waals surface area contributed by atoms with E-state index in [1.165, 1.54) is 31.7 Å². The number of amides is 1. The van der Waals surface area contributed by atoms with Crippen molar-refractivity contribution in [2.24, 2.45) is 0 Å². The maximum Gasteiger partial charge on any atom is 0.433 e. The number of ether oxygens (including phenoxy) is 1. The lowest BCUT2D eigenvalue weighted by atomic mass is 9.96. The van der Waals surface area contributed by atoms with Gasteiger partial charge in [-0.15, -0.1) is 0 Å². The Bertz CT molecular complexity index is 1110. The molecule has 0 radical (unpaired) electrons. The van der Waals surface area contributed by atoms with Gasteiger partial charge in [-0.3, -0.25) is 9.48 Å². The summed E-state index contributed by atoms with van der Waals surface area (Å²) in [4.78, 5) is 16.1. The number of anilines is 1. The Kier molecular flexibility index (Phi) is 8.52. The minimum Gasteiger partial charge on any atom is -0.492 e. The number of carbonyl (C=O) groups is 1. The van der Waals surface area contributed by atoms with Crippen molar-refractivity contribution in [1.82, 2.24) is 14.8 Å². The predicted octanol–water partition coefficient (Wildman–Crippen LogP) is 7.02. The van der Waals surface area contributed by atoms with Crippen LogP contribution in [0.3, 0.4) is 0 Å². The Balaban J connectivity index is 0.00000103. The summed E-state index contributed by atoms with van der Waals surface area (Å²) in [6.45, 7) is 6.42. The lowest BCUT2D eigenvalue weighted by molar-refractivity contribution is -0.141. The molecule has 9 heteroatoms. The molecule has 3 aromatic rings. The minimum absolute atomic E-state index is 0.324. The van der Waals surface area contributed by atoms with Gasteiger partial charge in [-0.05, 0) is 38.0 Å². The highest BCUT2D eigenvalue weighted by atomic mass is 19.4. The third-order valence-corrected chi connectivity index (χ3v) is 5.39. The van der Waals surface area contributed by atoms with E-state index in [1.54, 1.807) is 12.1 Å². The van der Waals surface area contributed by atoms with Gasteiger partial charge in [-0.1, -0.05) is 45.6 Å². The van der Waals surface area contributed by atoms with E-state index in [4.69, 9.17) is 4.74 Å². The quantitative estimate of drug-likeness (QED) is 0.429. The van der Waals surface area contributed by atoms with Crippen molar-refractivity contribution in [3.8, 4) is 5.75 Å². The summed E-state index contributed by atoms with van der Waals surface area (Å²) in [7, 11) is 0. The van der Waals surface area contributed by atoms with Crippen LogP contribution in [0.15, 0.2) is 36.5 Å². The van der Waals surface area contributed by atoms with E-state index in [9.17, 15) is 18.0 Å². The molecule has 2 aromatic heterocycles. The Morgan fingerprint density at radius 3 is 2.50 bits per heavy atom. The number of nitrogens with one attached hydrogen (secondary N) is 1. The van der Waals surface area contributed by atoms with E-state index < -0.39 is 17.8 Å². The van der Waals surface area contributed by atoms with Crippen LogP contribution in [0.2, 0.25) is 0 Å². The zero-order chi connectivity index (χ0) is 24.7. The first-order valence-electron chi connectivity index (χ1n) is 11.8. The molecule has 0 unspecified atom stereocenters. The van der Waals surface area contributed by atoms with Crippen molar-refractivity contribution in [2.75, 3.05) is 11.9 Å². The Labute approximate surface area is 197 Å². The van der Waals surface area contributed by atoms with Crippen LogP contribution in [0.25, 0.3) is 10.9 Å². The van der Waals surface area contributed by atoms with E-state index in [0.29, 0.717) is 24.1 Å². The molecule has 184 valence electrons. The number of nitrogens with zero attached hydrogens (tertiary/aromatic N) is 3. The summed E-state index contributed by atoms with van der Waals surface area (Å²) >= 11 is 0. The summed E-state index contributed by atoms with van der Waals surface area (Å²) < 4.78 is 46.4. The predicted molar refractivity (Wildman–Crippen MR) is 126 cm³/mol. The fourth-order valence-corrected chi connectivity index (χ4v) is 3.88. The zero-order valence-corrected chi connectivity index (χ0v) is 19.8. The second-order valence-corrected chi connectivity index (χ2v) is 8.31. The standard InChI is InChI=1S/C22H23F3N4O2.C3H8/c1-2-31-19-12-17-14(13-29(28-17)15-7-4-3-5-8-15)11-18(19)27-21(30)16-9-6-10-20(26-16)22(23,24)25;1-3-2/h6,9-13,15H,2-5,7-8H2,1H3,(H,27,30);3H2,1-2H3. The molecule has 2 heterocycles. The lowest BCUT2D eigenvalue weighted by Crippen LogP contribution is -2.17. The Morgan fingerprint density at radius 2 is 1.85 bits per heavy atom. The monoisotopic (exact) mass is 476 g/mol. The summed E-state index contributed by atoms with van der Waals surface area (Å²) in [6, 6.07) is 7.06. The zero-order valence-electron chi connectivity index (χ0n) is 19.8. The molecular weight excluding hydrogens is 445 g/mol. The van der Waals surface area contributed by atoms with Gasteiger partial charge in [0.05, 0.1) is 23.9 Å². The molecule has 1 aliphatic carbocycles. The van der Waals surface area contributed by atoms with Gasteiger partial charge in [-0.25, -0.2) is 4.98 Å². The maximum atomic E-state index is 12.9. The van der Waals surface area contributed by atoms with E-state index in [0.717, 1.165) is 35.9 Å². The van der Waals surface area contributed by atoms with Gasteiger partial charge in [-0.2, -0.15) is 18.3 Å². The molecule has 0 spiro atoms. The van der Waals surface area contributed by atoms with Gasteiger partial charge in [0.1, 0.15) is 17.1 Å². The van der Waals surface area contributed by atoms with Crippen LogP contribution in [0.1, 0.15) is 81.5 Å². The molecule has 1 saturated carbocycles. The van der Waals surface area contributed by atoms with E-state index >= 15 is 0 Å². The molecular formula is C25H31F3N4O2. The van der Waals surface area contributed by atoms with Gasteiger partial charge < -0.3 is 10.1 Å². The number of carbonyl (C=O) groups excluding carboxylic acids is 1. The largest absolute Gasteiger partial charge is 0.492 e. The highest BCUT2D eigenvalue weighted by molar-refractivity contribution is 6.05. The molecule has 0 saturated heterocycles. The fourth-order valence-electron chi connectivity index (χ4n) is 3.88. The van der Waals surface area contributed by atoms with Crippen LogP contribution in [0.4, 0.5) is 18.9 Å². The third-order valence-electron chi connectivity index (χ3n) is 5.39. The van der Waals surface area contributed by atoms with Crippen LogP contribution in [-0.4, -0.2) is 27.3 Å². The van der Waals surface area contributed by atoms with E-state index in [2.05, 4.69) is 29.2 Å². The third kappa shape index (κ3) is 6.27. The molecule has 1 fully saturated rings. The number of alkyl halides is 3. The van der Waals surface area contributed by atoms with Gasteiger partial charge in [0.2, 0.25) is 0 Å². The summed E-state index contributed by atoms with van der Waals surface area (Å²) in [6.07, 6.45) is 4.32. The number of hydrogen-bond donors (Lipinski definition) is 1. The summed E-state index contributed by atoms with van der Waals surface area (Å²) in [5.41, 5.74) is -0.337. The van der Waals surface area contributed by atoms with Crippen molar-refractivity contribution in [3.05, 3.63) is 47.9 Å². The van der Waals surface area contributed by atoms with Gasteiger partial charge in [0, 0.05) is 17.6 Å². The normalized spacial score (nSPS) is 14.4. The second kappa shape index (κ2) is 11.4. The molecule has 0 aliphatic heterocycles. The number of halogens is 3. The summed E-state index contributed by atoms with van der Waals surface area (Å²) in [5, 5.41) is 8.14. The van der Waals surface area contributed by atoms with E-state index in [1.807, 2.05) is 17.8 Å². The number of hydrogen-bond acceptors (Lipinski definition) is 4.